The molecule has 4 nitrogen and oxygen atoms in total. The summed E-state index contributed by atoms with van der Waals surface area (Å²) < 4.78 is 1.93. The summed E-state index contributed by atoms with van der Waals surface area (Å²) in [5.41, 5.74) is 5.58. The molecule has 0 bridgehead atoms. The van der Waals surface area contributed by atoms with Crippen LogP contribution in [0.2, 0.25) is 5.02 Å². The van der Waals surface area contributed by atoms with Gasteiger partial charge in [0, 0.05) is 34.6 Å². The van der Waals surface area contributed by atoms with Gasteiger partial charge in [0.1, 0.15) is 5.69 Å². The maximum Gasteiger partial charge on any atom is 0.352 e. The Morgan fingerprint density at radius 3 is 2.45 bits per heavy atom. The van der Waals surface area contributed by atoms with Crippen LogP contribution in [-0.2, 0) is 19.5 Å². The molecule has 0 atom stereocenters. The van der Waals surface area contributed by atoms with Gasteiger partial charge in [0.15, 0.2) is 0 Å². The summed E-state index contributed by atoms with van der Waals surface area (Å²) in [6, 6.07) is 23.8. The number of carboxylic acid groups (broad SMARTS) is 1. The molecule has 0 aliphatic heterocycles. The lowest BCUT2D eigenvalue weighted by molar-refractivity contribution is 0.0684. The lowest BCUT2D eigenvalue weighted by Gasteiger charge is -2.12. The average Bonchev–Trinajstić information content (AvgIpc) is 3.08. The number of carboxylic acids is 1. The minimum Gasteiger partial charge on any atom is -0.477 e. The molecule has 0 fully saturated rings. The van der Waals surface area contributed by atoms with Crippen LogP contribution in [-0.4, -0.2) is 22.2 Å². The Kier molecular flexibility index (Phi) is 6.40. The van der Waals surface area contributed by atoms with Gasteiger partial charge in [-0.3, -0.25) is 0 Å². The minimum atomic E-state index is -0.903. The van der Waals surface area contributed by atoms with E-state index in [9.17, 15) is 9.90 Å². The smallest absolute Gasteiger partial charge is 0.352 e. The fourth-order valence-corrected chi connectivity index (χ4v) is 4.14. The van der Waals surface area contributed by atoms with Crippen molar-refractivity contribution in [3.05, 3.63) is 106 Å². The molecule has 0 spiro atoms. The Morgan fingerprint density at radius 1 is 1.00 bits per heavy atom. The van der Waals surface area contributed by atoms with E-state index in [0.717, 1.165) is 45.6 Å². The SMILES string of the molecule is Cc1ccccc1Cn1c(C(=O)O)c(CNCCc2ccc(Cl)cc2)c2ccccc21. The fraction of sp³-hybridized carbons (Fsp3) is 0.192. The third kappa shape index (κ3) is 4.66. The summed E-state index contributed by atoms with van der Waals surface area (Å²) in [5, 5.41) is 15.2. The van der Waals surface area contributed by atoms with Crippen molar-refractivity contribution >= 4 is 28.5 Å². The highest BCUT2D eigenvalue weighted by molar-refractivity contribution is 6.30. The van der Waals surface area contributed by atoms with E-state index in [0.29, 0.717) is 18.8 Å². The second kappa shape index (κ2) is 9.38. The number of hydrogen-bond acceptors (Lipinski definition) is 2. The van der Waals surface area contributed by atoms with E-state index in [2.05, 4.69) is 24.4 Å². The maximum atomic E-state index is 12.3. The molecule has 0 aliphatic rings. The van der Waals surface area contributed by atoms with Gasteiger partial charge in [-0.15, -0.1) is 0 Å². The number of hydrogen-bond donors (Lipinski definition) is 2. The highest BCUT2D eigenvalue weighted by Gasteiger charge is 2.22. The highest BCUT2D eigenvalue weighted by atomic mass is 35.5. The molecule has 4 rings (SSSR count). The minimum absolute atomic E-state index is 0.350. The first-order chi connectivity index (χ1) is 15.0. The van der Waals surface area contributed by atoms with E-state index < -0.39 is 5.97 Å². The Hall–Kier alpha value is -3.08. The van der Waals surface area contributed by atoms with Crippen molar-refractivity contribution in [3.63, 3.8) is 0 Å². The van der Waals surface area contributed by atoms with E-state index in [4.69, 9.17) is 11.6 Å². The second-order valence-electron chi connectivity index (χ2n) is 7.72. The zero-order valence-electron chi connectivity index (χ0n) is 17.4. The summed E-state index contributed by atoms with van der Waals surface area (Å²) in [6.07, 6.45) is 0.849. The van der Waals surface area contributed by atoms with Crippen LogP contribution in [0.5, 0.6) is 0 Å². The van der Waals surface area contributed by atoms with Crippen molar-refractivity contribution in [2.75, 3.05) is 6.54 Å². The number of para-hydroxylation sites is 1. The van der Waals surface area contributed by atoms with Gasteiger partial charge in [-0.2, -0.15) is 0 Å². The number of nitrogens with one attached hydrogen (secondary N) is 1. The Labute approximate surface area is 187 Å². The van der Waals surface area contributed by atoms with Crippen LogP contribution in [0.3, 0.4) is 0 Å². The lowest BCUT2D eigenvalue weighted by Crippen LogP contribution is -2.19. The third-order valence-electron chi connectivity index (χ3n) is 5.67. The number of halogens is 1. The number of aromatic carboxylic acids is 1. The topological polar surface area (TPSA) is 54.3 Å². The molecule has 0 radical (unpaired) electrons. The summed E-state index contributed by atoms with van der Waals surface area (Å²) >= 11 is 5.95. The molecule has 158 valence electrons. The van der Waals surface area contributed by atoms with Crippen molar-refractivity contribution in [2.45, 2.75) is 26.4 Å². The second-order valence-corrected chi connectivity index (χ2v) is 8.15. The molecule has 0 unspecified atom stereocenters. The lowest BCUT2D eigenvalue weighted by atomic mass is 10.1. The van der Waals surface area contributed by atoms with Crippen LogP contribution in [0.4, 0.5) is 0 Å². The molecular formula is C26H25ClN2O2. The van der Waals surface area contributed by atoms with Crippen molar-refractivity contribution in [1.82, 2.24) is 9.88 Å². The van der Waals surface area contributed by atoms with Crippen molar-refractivity contribution in [3.8, 4) is 0 Å². The first-order valence-corrected chi connectivity index (χ1v) is 10.8. The molecule has 3 aromatic carbocycles. The highest BCUT2D eigenvalue weighted by Crippen LogP contribution is 2.28. The number of aromatic nitrogens is 1. The van der Waals surface area contributed by atoms with Gasteiger partial charge >= 0.3 is 5.97 Å². The zero-order valence-corrected chi connectivity index (χ0v) is 18.2. The predicted molar refractivity (Wildman–Crippen MR) is 126 cm³/mol. The van der Waals surface area contributed by atoms with Crippen LogP contribution in [0.15, 0.2) is 72.8 Å². The molecule has 31 heavy (non-hydrogen) atoms. The Morgan fingerprint density at radius 2 is 1.71 bits per heavy atom. The zero-order chi connectivity index (χ0) is 21.8. The molecule has 0 saturated heterocycles. The summed E-state index contributed by atoms with van der Waals surface area (Å²) in [6.45, 7) is 3.83. The molecule has 1 aromatic heterocycles. The van der Waals surface area contributed by atoms with E-state index in [1.54, 1.807) is 0 Å². The van der Waals surface area contributed by atoms with Crippen LogP contribution >= 0.6 is 11.6 Å². The average molecular weight is 433 g/mol. The molecule has 0 amide bonds. The van der Waals surface area contributed by atoms with Crippen LogP contribution in [0.25, 0.3) is 10.9 Å². The number of carbonyl (C=O) groups is 1. The monoisotopic (exact) mass is 432 g/mol. The van der Waals surface area contributed by atoms with Gasteiger partial charge in [0.25, 0.3) is 0 Å². The fourth-order valence-electron chi connectivity index (χ4n) is 4.02. The summed E-state index contributed by atoms with van der Waals surface area (Å²) in [5.74, 6) is -0.903. The van der Waals surface area contributed by atoms with Gasteiger partial charge in [0.05, 0.1) is 0 Å². The molecule has 0 aliphatic carbocycles. The molecule has 5 heteroatoms. The van der Waals surface area contributed by atoms with E-state index in [-0.39, 0.29) is 0 Å². The maximum absolute atomic E-state index is 12.3. The van der Waals surface area contributed by atoms with Crippen LogP contribution in [0, 0.1) is 6.92 Å². The standard InChI is InChI=1S/C26H25ClN2O2/c1-18-6-2-3-7-20(18)17-29-24-9-5-4-8-22(24)23(25(29)26(30)31)16-28-15-14-19-10-12-21(27)13-11-19/h2-13,28H,14-17H2,1H3,(H,30,31). The number of nitrogens with zero attached hydrogens (tertiary/aromatic N) is 1. The number of aryl methyl sites for hydroxylation is 1. The van der Waals surface area contributed by atoms with Gasteiger partial charge in [-0.1, -0.05) is 66.2 Å². The summed E-state index contributed by atoms with van der Waals surface area (Å²) in [7, 11) is 0. The van der Waals surface area contributed by atoms with Crippen molar-refractivity contribution < 1.29 is 9.90 Å². The first-order valence-electron chi connectivity index (χ1n) is 10.4. The van der Waals surface area contributed by atoms with Crippen LogP contribution < -0.4 is 5.32 Å². The van der Waals surface area contributed by atoms with Crippen molar-refractivity contribution in [2.24, 2.45) is 0 Å². The van der Waals surface area contributed by atoms with Gasteiger partial charge in [-0.05, 0) is 54.8 Å². The van der Waals surface area contributed by atoms with E-state index in [1.165, 1.54) is 5.56 Å². The Bertz CT molecular complexity index is 1210. The van der Waals surface area contributed by atoms with E-state index >= 15 is 0 Å². The molecule has 0 saturated carbocycles. The Balaban J connectivity index is 1.61. The molecule has 2 N–H and O–H groups in total. The van der Waals surface area contributed by atoms with Gasteiger partial charge in [-0.25, -0.2) is 4.79 Å². The quantitative estimate of drug-likeness (QED) is 0.352. The summed E-state index contributed by atoms with van der Waals surface area (Å²) in [4.78, 5) is 12.3. The van der Waals surface area contributed by atoms with Crippen LogP contribution in [0.1, 0.15) is 32.7 Å². The normalized spacial score (nSPS) is 11.2. The van der Waals surface area contributed by atoms with Gasteiger partial charge in [0.2, 0.25) is 0 Å². The van der Waals surface area contributed by atoms with Crippen molar-refractivity contribution in [1.29, 1.82) is 0 Å². The first kappa shape index (κ1) is 21.2. The van der Waals surface area contributed by atoms with Gasteiger partial charge < -0.3 is 15.0 Å². The largest absolute Gasteiger partial charge is 0.477 e. The number of benzene rings is 3. The number of fused-ring (bicyclic) bond motifs is 1. The molecule has 4 aromatic rings. The van der Waals surface area contributed by atoms with E-state index in [1.807, 2.05) is 65.2 Å². The third-order valence-corrected chi connectivity index (χ3v) is 5.93. The predicted octanol–water partition coefficient (Wildman–Crippen LogP) is 5.68. The number of rotatable bonds is 8. The molecular weight excluding hydrogens is 408 g/mol. The molecule has 1 heterocycles.